The Hall–Kier alpha value is -2.91. The van der Waals surface area contributed by atoms with Crippen molar-refractivity contribution in [3.63, 3.8) is 0 Å². The molecule has 0 saturated carbocycles. The second-order valence-electron chi connectivity index (χ2n) is 7.75. The lowest BCUT2D eigenvalue weighted by molar-refractivity contribution is -0.138. The number of nitrogens with two attached hydrogens (primary N) is 1. The summed E-state index contributed by atoms with van der Waals surface area (Å²) in [6.07, 6.45) is 2.20. The molecular weight excluding hydrogens is 352 g/mol. The van der Waals surface area contributed by atoms with Crippen LogP contribution in [0.5, 0.6) is 0 Å². The molecule has 0 fully saturated rings. The number of rotatable bonds is 5. The molecule has 6 nitrogen and oxygen atoms in total. The molecule has 1 aromatic heterocycles. The number of hydrogen-bond donors (Lipinski definition) is 2. The number of carboxylic acid groups (broad SMARTS) is 1. The fraction of sp³-hybridized carbons (Fsp3) is 0.409. The third kappa shape index (κ3) is 3.85. The third-order valence-corrected chi connectivity index (χ3v) is 5.73. The zero-order valence-corrected chi connectivity index (χ0v) is 16.6. The Labute approximate surface area is 165 Å². The van der Waals surface area contributed by atoms with E-state index >= 15 is 0 Å². The summed E-state index contributed by atoms with van der Waals surface area (Å²) in [4.78, 5) is 17.8. The minimum atomic E-state index is -0.791. The van der Waals surface area contributed by atoms with E-state index in [2.05, 4.69) is 35.0 Å². The maximum atomic E-state index is 11.2. The first-order valence-electron chi connectivity index (χ1n) is 9.51. The van der Waals surface area contributed by atoms with Gasteiger partial charge in [-0.05, 0) is 62.9 Å². The summed E-state index contributed by atoms with van der Waals surface area (Å²) in [5.41, 5.74) is 11.2. The predicted octanol–water partition coefficient (Wildman–Crippen LogP) is 3.40. The highest BCUT2D eigenvalue weighted by Gasteiger charge is 2.27. The minimum absolute atomic E-state index is 0.0498. The number of aromatic nitrogens is 1. The van der Waals surface area contributed by atoms with Gasteiger partial charge < -0.3 is 15.7 Å². The predicted molar refractivity (Wildman–Crippen MR) is 109 cm³/mol. The summed E-state index contributed by atoms with van der Waals surface area (Å²) in [6.45, 7) is 2.14. The third-order valence-electron chi connectivity index (χ3n) is 5.73. The van der Waals surface area contributed by atoms with Crippen molar-refractivity contribution < 1.29 is 9.90 Å². The normalized spacial score (nSPS) is 17.0. The molecule has 0 bridgehead atoms. The number of pyridine rings is 1. The van der Waals surface area contributed by atoms with E-state index in [1.807, 2.05) is 26.2 Å². The summed E-state index contributed by atoms with van der Waals surface area (Å²) >= 11 is 0. The fourth-order valence-corrected chi connectivity index (χ4v) is 3.93. The maximum Gasteiger partial charge on any atom is 0.303 e. The molecule has 1 aliphatic carbocycles. The number of aryl methyl sites for hydroxylation is 1. The van der Waals surface area contributed by atoms with Crippen LogP contribution in [0.15, 0.2) is 24.3 Å². The molecule has 1 aliphatic rings. The van der Waals surface area contributed by atoms with Gasteiger partial charge in [-0.3, -0.25) is 4.79 Å². The average molecular weight is 378 g/mol. The number of fused-ring (bicyclic) bond motifs is 1. The van der Waals surface area contributed by atoms with E-state index in [0.717, 1.165) is 28.8 Å². The standard InChI is InChI=1S/C22H26N4O2/c1-13(26(2)3)15-5-7-16(8-6-15)21-17-10-14(11-20(27)28)4-9-19(17)25-22(24)18(21)12-23/h5-8,13-14H,4,9-11H2,1-3H3,(H2,24,25)(H,27,28). The molecule has 0 amide bonds. The molecule has 28 heavy (non-hydrogen) atoms. The van der Waals surface area contributed by atoms with Gasteiger partial charge in [0.05, 0.1) is 0 Å². The molecule has 3 rings (SSSR count). The van der Waals surface area contributed by atoms with Crippen LogP contribution in [0.4, 0.5) is 5.82 Å². The Morgan fingerprint density at radius 3 is 2.64 bits per heavy atom. The Morgan fingerprint density at radius 2 is 2.07 bits per heavy atom. The number of carbonyl (C=O) groups is 1. The number of carboxylic acids is 1. The molecule has 6 heteroatoms. The lowest BCUT2D eigenvalue weighted by Gasteiger charge is -2.26. The molecule has 0 radical (unpaired) electrons. The zero-order chi connectivity index (χ0) is 20.4. The lowest BCUT2D eigenvalue weighted by atomic mass is 9.80. The number of nitrogen functional groups attached to an aromatic ring is 1. The zero-order valence-electron chi connectivity index (χ0n) is 16.6. The van der Waals surface area contributed by atoms with Crippen LogP contribution in [0.25, 0.3) is 11.1 Å². The van der Waals surface area contributed by atoms with Crippen molar-refractivity contribution in [3.8, 4) is 17.2 Å². The van der Waals surface area contributed by atoms with E-state index in [1.165, 1.54) is 5.56 Å². The molecule has 2 unspecified atom stereocenters. The van der Waals surface area contributed by atoms with E-state index in [0.29, 0.717) is 18.4 Å². The van der Waals surface area contributed by atoms with Crippen molar-refractivity contribution >= 4 is 11.8 Å². The van der Waals surface area contributed by atoms with Crippen molar-refractivity contribution in [2.75, 3.05) is 19.8 Å². The van der Waals surface area contributed by atoms with Crippen LogP contribution in [0.2, 0.25) is 0 Å². The fourth-order valence-electron chi connectivity index (χ4n) is 3.93. The number of anilines is 1. The van der Waals surface area contributed by atoms with Gasteiger partial charge in [0.2, 0.25) is 0 Å². The quantitative estimate of drug-likeness (QED) is 0.826. The molecule has 3 N–H and O–H groups in total. The van der Waals surface area contributed by atoms with Crippen LogP contribution in [-0.4, -0.2) is 35.1 Å². The molecule has 2 atom stereocenters. The number of nitrogens with zero attached hydrogens (tertiary/aromatic N) is 3. The van der Waals surface area contributed by atoms with Gasteiger partial charge in [0.25, 0.3) is 0 Å². The van der Waals surface area contributed by atoms with Gasteiger partial charge in [0.15, 0.2) is 0 Å². The monoisotopic (exact) mass is 378 g/mol. The van der Waals surface area contributed by atoms with Crippen molar-refractivity contribution in [2.45, 2.75) is 38.6 Å². The van der Waals surface area contributed by atoms with Crippen LogP contribution < -0.4 is 5.73 Å². The molecule has 0 aliphatic heterocycles. The SMILES string of the molecule is CC(c1ccc(-c2c(C#N)c(N)nc3c2CC(CC(=O)O)CC3)cc1)N(C)C. The van der Waals surface area contributed by atoms with Crippen molar-refractivity contribution in [3.05, 3.63) is 46.6 Å². The molecule has 146 valence electrons. The highest BCUT2D eigenvalue weighted by molar-refractivity contribution is 5.79. The smallest absolute Gasteiger partial charge is 0.303 e. The number of nitriles is 1. The van der Waals surface area contributed by atoms with E-state index in [4.69, 9.17) is 5.73 Å². The van der Waals surface area contributed by atoms with Crippen molar-refractivity contribution in [1.29, 1.82) is 5.26 Å². The van der Waals surface area contributed by atoms with E-state index < -0.39 is 5.97 Å². The topological polar surface area (TPSA) is 103 Å². The summed E-state index contributed by atoms with van der Waals surface area (Å²) < 4.78 is 0. The molecular formula is C22H26N4O2. The first-order chi connectivity index (χ1) is 13.3. The van der Waals surface area contributed by atoms with Gasteiger partial charge in [0, 0.05) is 23.7 Å². The van der Waals surface area contributed by atoms with Crippen LogP contribution in [-0.2, 0) is 17.6 Å². The van der Waals surface area contributed by atoms with E-state index in [9.17, 15) is 15.2 Å². The first kappa shape index (κ1) is 19.8. The van der Waals surface area contributed by atoms with Gasteiger partial charge in [0.1, 0.15) is 17.5 Å². The van der Waals surface area contributed by atoms with Gasteiger partial charge in [-0.1, -0.05) is 24.3 Å². The van der Waals surface area contributed by atoms with Gasteiger partial charge >= 0.3 is 5.97 Å². The maximum absolute atomic E-state index is 11.2. The van der Waals surface area contributed by atoms with E-state index in [1.54, 1.807) is 0 Å². The highest BCUT2D eigenvalue weighted by Crippen LogP contribution is 2.38. The average Bonchev–Trinajstić information content (AvgIpc) is 2.66. The molecule has 2 aromatic rings. The molecule has 1 aromatic carbocycles. The highest BCUT2D eigenvalue weighted by atomic mass is 16.4. The van der Waals surface area contributed by atoms with Crippen LogP contribution in [0.1, 0.15) is 48.2 Å². The van der Waals surface area contributed by atoms with E-state index in [-0.39, 0.29) is 24.2 Å². The largest absolute Gasteiger partial charge is 0.481 e. The van der Waals surface area contributed by atoms with Crippen LogP contribution in [0, 0.1) is 17.2 Å². The van der Waals surface area contributed by atoms with Crippen LogP contribution >= 0.6 is 0 Å². The first-order valence-corrected chi connectivity index (χ1v) is 9.51. The Morgan fingerprint density at radius 1 is 1.39 bits per heavy atom. The number of aliphatic carboxylic acids is 1. The summed E-state index contributed by atoms with van der Waals surface area (Å²) in [7, 11) is 4.07. The van der Waals surface area contributed by atoms with Crippen LogP contribution in [0.3, 0.4) is 0 Å². The summed E-state index contributed by atoms with van der Waals surface area (Å²) in [6, 6.07) is 10.7. The molecule has 0 saturated heterocycles. The van der Waals surface area contributed by atoms with Gasteiger partial charge in [-0.2, -0.15) is 5.26 Å². The summed E-state index contributed by atoms with van der Waals surface area (Å²) in [5.74, 6) is -0.492. The Kier molecular flexibility index (Phi) is 5.66. The Bertz CT molecular complexity index is 929. The van der Waals surface area contributed by atoms with Gasteiger partial charge in [-0.25, -0.2) is 4.98 Å². The van der Waals surface area contributed by atoms with Crippen molar-refractivity contribution in [2.24, 2.45) is 5.92 Å². The number of benzene rings is 1. The summed E-state index contributed by atoms with van der Waals surface area (Å²) in [5, 5.41) is 18.9. The second-order valence-corrected chi connectivity index (χ2v) is 7.75. The Balaban J connectivity index is 2.08. The minimum Gasteiger partial charge on any atom is -0.481 e. The van der Waals surface area contributed by atoms with Crippen molar-refractivity contribution in [1.82, 2.24) is 9.88 Å². The molecule has 1 heterocycles. The second kappa shape index (κ2) is 7.99. The van der Waals surface area contributed by atoms with Gasteiger partial charge in [-0.15, -0.1) is 0 Å². The molecule has 0 spiro atoms. The lowest BCUT2D eigenvalue weighted by Crippen LogP contribution is -2.21. The number of hydrogen-bond acceptors (Lipinski definition) is 5.